The zero-order valence-corrected chi connectivity index (χ0v) is 12.4. The number of carbonyl (C=O) groups excluding carboxylic acids is 2. The molecule has 1 aromatic rings. The van der Waals surface area contributed by atoms with Crippen LogP contribution >= 0.6 is 11.3 Å². The van der Waals surface area contributed by atoms with E-state index < -0.39 is 23.9 Å². The number of hydrogen-bond acceptors (Lipinski definition) is 5. The Hall–Kier alpha value is -1.93. The summed E-state index contributed by atoms with van der Waals surface area (Å²) in [4.78, 5) is 37.0. The van der Waals surface area contributed by atoms with Crippen LogP contribution in [-0.2, 0) is 16.0 Å². The maximum atomic E-state index is 11.6. The molecular formula is C13H17N3O4S. The third-order valence-corrected chi connectivity index (χ3v) is 4.40. The Kier molecular flexibility index (Phi) is 4.92. The molecule has 114 valence electrons. The number of carboxylic acids is 1. The van der Waals surface area contributed by atoms with Gasteiger partial charge in [0.05, 0.1) is 0 Å². The van der Waals surface area contributed by atoms with Crippen molar-refractivity contribution in [2.75, 3.05) is 20.1 Å². The first-order valence-electron chi connectivity index (χ1n) is 6.57. The number of hydrogen-bond donors (Lipinski definition) is 3. The van der Waals surface area contributed by atoms with E-state index in [1.54, 1.807) is 16.2 Å². The van der Waals surface area contributed by atoms with Crippen molar-refractivity contribution in [1.29, 1.82) is 0 Å². The largest absolute Gasteiger partial charge is 0.480 e. The number of amides is 3. The van der Waals surface area contributed by atoms with Crippen molar-refractivity contribution in [2.45, 2.75) is 18.9 Å². The SMILES string of the molecule is CNC(=O)NC(=O)CCN1CCc2sccc2C1C(=O)O. The lowest BCUT2D eigenvalue weighted by atomic mass is 10.00. The number of aliphatic carboxylic acids is 1. The van der Waals surface area contributed by atoms with Crippen molar-refractivity contribution in [2.24, 2.45) is 0 Å². The summed E-state index contributed by atoms with van der Waals surface area (Å²) in [7, 11) is 1.42. The quantitative estimate of drug-likeness (QED) is 0.755. The molecule has 3 N–H and O–H groups in total. The Balaban J connectivity index is 1.98. The highest BCUT2D eigenvalue weighted by Gasteiger charge is 2.33. The maximum absolute atomic E-state index is 11.6. The van der Waals surface area contributed by atoms with E-state index in [0.29, 0.717) is 13.1 Å². The minimum absolute atomic E-state index is 0.0800. The van der Waals surface area contributed by atoms with E-state index in [4.69, 9.17) is 0 Å². The standard InChI is InChI=1S/C13H17N3O4S/c1-14-13(20)15-10(17)3-6-16-5-2-9-8(4-7-21-9)11(16)12(18)19/h4,7,11H,2-3,5-6H2,1H3,(H,18,19)(H2,14,15,17,20). The molecule has 8 heteroatoms. The van der Waals surface area contributed by atoms with Crippen LogP contribution in [0.15, 0.2) is 11.4 Å². The van der Waals surface area contributed by atoms with Gasteiger partial charge in [-0.3, -0.25) is 19.8 Å². The van der Waals surface area contributed by atoms with Gasteiger partial charge in [-0.15, -0.1) is 11.3 Å². The molecule has 1 aliphatic rings. The summed E-state index contributed by atoms with van der Waals surface area (Å²) in [6.45, 7) is 0.896. The fourth-order valence-corrected chi connectivity index (χ4v) is 3.30. The Bertz CT molecular complexity index is 557. The van der Waals surface area contributed by atoms with Gasteiger partial charge < -0.3 is 10.4 Å². The van der Waals surface area contributed by atoms with Crippen LogP contribution in [0, 0.1) is 0 Å². The normalized spacial score (nSPS) is 17.9. The van der Waals surface area contributed by atoms with Crippen molar-refractivity contribution in [1.82, 2.24) is 15.5 Å². The smallest absolute Gasteiger partial charge is 0.325 e. The van der Waals surface area contributed by atoms with Crippen molar-refractivity contribution < 1.29 is 19.5 Å². The number of carbonyl (C=O) groups is 3. The maximum Gasteiger partial charge on any atom is 0.325 e. The molecule has 1 aliphatic heterocycles. The summed E-state index contributed by atoms with van der Waals surface area (Å²) in [6, 6.07) is 0.552. The van der Waals surface area contributed by atoms with Gasteiger partial charge in [-0.1, -0.05) is 0 Å². The number of urea groups is 1. The van der Waals surface area contributed by atoms with Gasteiger partial charge in [0.1, 0.15) is 6.04 Å². The van der Waals surface area contributed by atoms with E-state index >= 15 is 0 Å². The van der Waals surface area contributed by atoms with Crippen molar-refractivity contribution >= 4 is 29.2 Å². The molecule has 0 bridgehead atoms. The number of imide groups is 1. The van der Waals surface area contributed by atoms with Gasteiger partial charge in [0.2, 0.25) is 5.91 Å². The lowest BCUT2D eigenvalue weighted by Gasteiger charge is -2.32. The highest BCUT2D eigenvalue weighted by molar-refractivity contribution is 7.10. The Morgan fingerprint density at radius 2 is 2.24 bits per heavy atom. The molecule has 1 unspecified atom stereocenters. The summed E-state index contributed by atoms with van der Waals surface area (Å²) >= 11 is 1.56. The van der Waals surface area contributed by atoms with E-state index in [1.807, 2.05) is 11.4 Å². The molecule has 2 heterocycles. The lowest BCUT2D eigenvalue weighted by molar-refractivity contribution is -0.144. The van der Waals surface area contributed by atoms with Crippen LogP contribution in [0.5, 0.6) is 0 Å². The zero-order chi connectivity index (χ0) is 15.4. The second-order valence-corrected chi connectivity index (χ2v) is 5.70. The van der Waals surface area contributed by atoms with Gasteiger partial charge in [0.15, 0.2) is 0 Å². The Morgan fingerprint density at radius 1 is 1.48 bits per heavy atom. The molecule has 3 amide bonds. The zero-order valence-electron chi connectivity index (χ0n) is 11.6. The summed E-state index contributed by atoms with van der Waals surface area (Å²) < 4.78 is 0. The minimum Gasteiger partial charge on any atom is -0.480 e. The van der Waals surface area contributed by atoms with Crippen LogP contribution < -0.4 is 10.6 Å². The highest BCUT2D eigenvalue weighted by Crippen LogP contribution is 2.33. The average Bonchev–Trinajstić information content (AvgIpc) is 2.92. The third kappa shape index (κ3) is 3.59. The van der Waals surface area contributed by atoms with Crippen LogP contribution in [0.1, 0.15) is 22.9 Å². The topological polar surface area (TPSA) is 98.7 Å². The van der Waals surface area contributed by atoms with Gasteiger partial charge in [-0.2, -0.15) is 0 Å². The summed E-state index contributed by atoms with van der Waals surface area (Å²) in [5.74, 6) is -1.34. The minimum atomic E-state index is -0.916. The van der Waals surface area contributed by atoms with Gasteiger partial charge >= 0.3 is 12.0 Å². The number of thiophene rings is 1. The van der Waals surface area contributed by atoms with Crippen LogP contribution in [0.3, 0.4) is 0 Å². The predicted octanol–water partition coefficient (Wildman–Crippen LogP) is 0.578. The number of nitrogens with zero attached hydrogens (tertiary/aromatic N) is 1. The van der Waals surface area contributed by atoms with E-state index in [-0.39, 0.29) is 6.42 Å². The lowest BCUT2D eigenvalue weighted by Crippen LogP contribution is -2.42. The molecule has 0 aromatic carbocycles. The molecule has 0 saturated heterocycles. The Labute approximate surface area is 125 Å². The molecule has 0 fully saturated rings. The molecule has 1 atom stereocenters. The fraction of sp³-hybridized carbons (Fsp3) is 0.462. The molecular weight excluding hydrogens is 294 g/mol. The number of fused-ring (bicyclic) bond motifs is 1. The average molecular weight is 311 g/mol. The molecule has 21 heavy (non-hydrogen) atoms. The van der Waals surface area contributed by atoms with E-state index in [2.05, 4.69) is 10.6 Å². The second kappa shape index (κ2) is 6.68. The molecule has 0 aliphatic carbocycles. The summed E-state index contributed by atoms with van der Waals surface area (Å²) in [6.07, 6.45) is 0.866. The molecule has 2 rings (SSSR count). The Morgan fingerprint density at radius 3 is 2.90 bits per heavy atom. The van der Waals surface area contributed by atoms with Gasteiger partial charge in [0, 0.05) is 31.4 Å². The monoisotopic (exact) mass is 311 g/mol. The fourth-order valence-electron chi connectivity index (χ4n) is 2.40. The van der Waals surface area contributed by atoms with Gasteiger partial charge in [-0.05, 0) is 23.4 Å². The van der Waals surface area contributed by atoms with E-state index in [9.17, 15) is 19.5 Å². The van der Waals surface area contributed by atoms with Gasteiger partial charge in [-0.25, -0.2) is 4.79 Å². The highest BCUT2D eigenvalue weighted by atomic mass is 32.1. The van der Waals surface area contributed by atoms with Crippen LogP contribution in [0.2, 0.25) is 0 Å². The number of carboxylic acid groups (broad SMARTS) is 1. The van der Waals surface area contributed by atoms with Crippen molar-refractivity contribution in [3.05, 3.63) is 21.9 Å². The van der Waals surface area contributed by atoms with Gasteiger partial charge in [0.25, 0.3) is 0 Å². The van der Waals surface area contributed by atoms with E-state index in [1.165, 1.54) is 7.05 Å². The van der Waals surface area contributed by atoms with E-state index in [0.717, 1.165) is 16.9 Å². The molecule has 0 saturated carbocycles. The summed E-state index contributed by atoms with van der Waals surface area (Å²) in [5.41, 5.74) is 0.811. The molecule has 7 nitrogen and oxygen atoms in total. The molecule has 1 aromatic heterocycles. The van der Waals surface area contributed by atoms with Crippen LogP contribution in [0.25, 0.3) is 0 Å². The number of rotatable bonds is 4. The first kappa shape index (κ1) is 15.5. The van der Waals surface area contributed by atoms with Crippen molar-refractivity contribution in [3.8, 4) is 0 Å². The first-order chi connectivity index (χ1) is 10.0. The number of nitrogens with one attached hydrogen (secondary N) is 2. The van der Waals surface area contributed by atoms with Crippen LogP contribution in [-0.4, -0.2) is 48.1 Å². The van der Waals surface area contributed by atoms with Crippen LogP contribution in [0.4, 0.5) is 4.79 Å². The predicted molar refractivity (Wildman–Crippen MR) is 77.2 cm³/mol. The third-order valence-electron chi connectivity index (χ3n) is 3.41. The van der Waals surface area contributed by atoms with Crippen molar-refractivity contribution in [3.63, 3.8) is 0 Å². The molecule has 0 spiro atoms. The summed E-state index contributed by atoms with van der Waals surface area (Å²) in [5, 5.41) is 15.8. The first-order valence-corrected chi connectivity index (χ1v) is 7.45. The second-order valence-electron chi connectivity index (χ2n) is 4.70. The molecule has 0 radical (unpaired) electrons.